The Balaban J connectivity index is 1.77. The number of anilines is 1. The third-order valence-electron chi connectivity index (χ3n) is 3.64. The number of nitrogens with one attached hydrogen (secondary N) is 2. The van der Waals surface area contributed by atoms with Crippen LogP contribution in [0.5, 0.6) is 0 Å². The Bertz CT molecular complexity index is 541. The van der Waals surface area contributed by atoms with Gasteiger partial charge in [-0.1, -0.05) is 18.2 Å². The Morgan fingerprint density at radius 2 is 1.74 bits per heavy atom. The fraction of sp³-hybridized carbons (Fsp3) is 0.467. The largest absolute Gasteiger partial charge is 0.405 e. The molecule has 1 saturated heterocycles. The molecule has 1 aromatic carbocycles. The van der Waals surface area contributed by atoms with Crippen LogP contribution in [-0.4, -0.2) is 42.6 Å². The molecule has 0 aliphatic carbocycles. The first-order valence-electron chi connectivity index (χ1n) is 7.30. The number of rotatable bonds is 3. The highest BCUT2D eigenvalue weighted by atomic mass is 19.4. The number of para-hydroxylation sites is 1. The van der Waals surface area contributed by atoms with Gasteiger partial charge >= 0.3 is 12.2 Å². The maximum Gasteiger partial charge on any atom is 0.405 e. The van der Waals surface area contributed by atoms with Crippen LogP contribution in [0.2, 0.25) is 0 Å². The molecule has 8 heteroatoms. The number of hydrogen-bond donors (Lipinski definition) is 2. The van der Waals surface area contributed by atoms with E-state index in [0.29, 0.717) is 31.6 Å². The highest BCUT2D eigenvalue weighted by Gasteiger charge is 2.31. The number of nitrogens with zero attached hydrogens (tertiary/aromatic N) is 1. The highest BCUT2D eigenvalue weighted by molar-refractivity contribution is 5.89. The van der Waals surface area contributed by atoms with Crippen LogP contribution in [0.3, 0.4) is 0 Å². The van der Waals surface area contributed by atoms with E-state index < -0.39 is 24.5 Å². The summed E-state index contributed by atoms with van der Waals surface area (Å²) in [7, 11) is 0. The summed E-state index contributed by atoms with van der Waals surface area (Å²) < 4.78 is 36.2. The average Bonchev–Trinajstić information content (AvgIpc) is 2.53. The Labute approximate surface area is 131 Å². The number of likely N-dealkylation sites (tertiary alicyclic amines) is 1. The maximum atomic E-state index is 12.1. The van der Waals surface area contributed by atoms with E-state index in [9.17, 15) is 22.8 Å². The van der Waals surface area contributed by atoms with Gasteiger partial charge in [-0.2, -0.15) is 13.2 Å². The van der Waals surface area contributed by atoms with Crippen LogP contribution in [-0.2, 0) is 4.79 Å². The molecule has 1 aliphatic rings. The highest BCUT2D eigenvalue weighted by Crippen LogP contribution is 2.19. The van der Waals surface area contributed by atoms with Gasteiger partial charge in [-0.15, -0.1) is 0 Å². The fourth-order valence-corrected chi connectivity index (χ4v) is 2.40. The molecule has 5 nitrogen and oxygen atoms in total. The molecule has 0 radical (unpaired) electrons. The molecule has 1 aromatic rings. The zero-order valence-electron chi connectivity index (χ0n) is 12.4. The van der Waals surface area contributed by atoms with Crippen molar-refractivity contribution in [1.82, 2.24) is 10.2 Å². The molecule has 0 unspecified atom stereocenters. The molecule has 3 amide bonds. The topological polar surface area (TPSA) is 61.4 Å². The lowest BCUT2D eigenvalue weighted by molar-refractivity contribution is -0.141. The quantitative estimate of drug-likeness (QED) is 0.895. The van der Waals surface area contributed by atoms with Gasteiger partial charge in [-0.25, -0.2) is 4.79 Å². The van der Waals surface area contributed by atoms with Gasteiger partial charge in [0, 0.05) is 24.7 Å². The lowest BCUT2D eigenvalue weighted by Crippen LogP contribution is -2.45. The Kier molecular flexibility index (Phi) is 5.46. The lowest BCUT2D eigenvalue weighted by atomic mass is 9.96. The van der Waals surface area contributed by atoms with E-state index in [4.69, 9.17) is 0 Å². The van der Waals surface area contributed by atoms with Crippen LogP contribution in [0.1, 0.15) is 12.8 Å². The number of piperidine rings is 1. The number of amides is 3. The van der Waals surface area contributed by atoms with Gasteiger partial charge < -0.3 is 15.5 Å². The molecule has 2 N–H and O–H groups in total. The molecular formula is C15H18F3N3O2. The normalized spacial score (nSPS) is 16.0. The van der Waals surface area contributed by atoms with Crippen LogP contribution >= 0.6 is 0 Å². The second kappa shape index (κ2) is 7.34. The minimum absolute atomic E-state index is 0.273. The summed E-state index contributed by atoms with van der Waals surface area (Å²) in [5, 5.41) is 4.63. The van der Waals surface area contributed by atoms with Gasteiger partial charge in [0.2, 0.25) is 5.91 Å². The number of carbonyl (C=O) groups excluding carboxylic acids is 2. The Hall–Kier alpha value is -2.25. The predicted octanol–water partition coefficient (Wildman–Crippen LogP) is 2.61. The number of benzene rings is 1. The lowest BCUT2D eigenvalue weighted by Gasteiger charge is -2.31. The molecule has 1 fully saturated rings. The third-order valence-corrected chi connectivity index (χ3v) is 3.64. The SMILES string of the molecule is O=C(NCC(F)(F)F)C1CCN(C(=O)Nc2ccccc2)CC1. The molecule has 1 heterocycles. The summed E-state index contributed by atoms with van der Waals surface area (Å²) in [4.78, 5) is 25.3. The summed E-state index contributed by atoms with van der Waals surface area (Å²) in [5.74, 6) is -1.09. The van der Waals surface area contributed by atoms with Crippen molar-refractivity contribution in [3.63, 3.8) is 0 Å². The number of urea groups is 1. The monoisotopic (exact) mass is 329 g/mol. The van der Waals surface area contributed by atoms with Gasteiger partial charge in [0.05, 0.1) is 0 Å². The molecule has 0 spiro atoms. The minimum atomic E-state index is -4.41. The Morgan fingerprint density at radius 3 is 2.30 bits per heavy atom. The molecule has 1 aliphatic heterocycles. The van der Waals surface area contributed by atoms with Crippen LogP contribution in [0, 0.1) is 5.92 Å². The first-order chi connectivity index (χ1) is 10.8. The molecule has 0 atom stereocenters. The van der Waals surface area contributed by atoms with Gasteiger partial charge in [0.15, 0.2) is 0 Å². The van der Waals surface area contributed by atoms with Crippen molar-refractivity contribution in [3.8, 4) is 0 Å². The van der Waals surface area contributed by atoms with Crippen LogP contribution in [0.25, 0.3) is 0 Å². The van der Waals surface area contributed by atoms with Crippen molar-refractivity contribution in [2.24, 2.45) is 5.92 Å². The number of alkyl halides is 3. The summed E-state index contributed by atoms with van der Waals surface area (Å²) >= 11 is 0. The van der Waals surface area contributed by atoms with E-state index in [-0.39, 0.29) is 6.03 Å². The van der Waals surface area contributed by atoms with E-state index >= 15 is 0 Å². The molecule has 126 valence electrons. The molecule has 0 saturated carbocycles. The van der Waals surface area contributed by atoms with E-state index in [1.54, 1.807) is 29.2 Å². The number of carbonyl (C=O) groups is 2. The fourth-order valence-electron chi connectivity index (χ4n) is 2.40. The van der Waals surface area contributed by atoms with Crippen molar-refractivity contribution >= 4 is 17.6 Å². The summed E-state index contributed by atoms with van der Waals surface area (Å²) in [5.41, 5.74) is 0.669. The van der Waals surface area contributed by atoms with Crippen molar-refractivity contribution in [3.05, 3.63) is 30.3 Å². The van der Waals surface area contributed by atoms with Gasteiger partial charge in [-0.3, -0.25) is 4.79 Å². The van der Waals surface area contributed by atoms with Crippen LogP contribution in [0.15, 0.2) is 30.3 Å². The molecule has 2 rings (SSSR count). The number of hydrogen-bond acceptors (Lipinski definition) is 2. The standard InChI is InChI=1S/C15H18F3N3O2/c16-15(17,18)10-19-13(22)11-6-8-21(9-7-11)14(23)20-12-4-2-1-3-5-12/h1-5,11H,6-10H2,(H,19,22)(H,20,23). The summed E-state index contributed by atoms with van der Waals surface area (Å²) in [6.45, 7) is -0.647. The van der Waals surface area contributed by atoms with Crippen molar-refractivity contribution in [2.45, 2.75) is 19.0 Å². The first-order valence-corrected chi connectivity index (χ1v) is 7.30. The molecular weight excluding hydrogens is 311 g/mol. The van der Waals surface area contributed by atoms with E-state index in [2.05, 4.69) is 5.32 Å². The van der Waals surface area contributed by atoms with Crippen molar-refractivity contribution < 1.29 is 22.8 Å². The summed E-state index contributed by atoms with van der Waals surface area (Å²) in [6.07, 6.45) is -3.70. The smallest absolute Gasteiger partial charge is 0.347 e. The molecule has 23 heavy (non-hydrogen) atoms. The van der Waals surface area contributed by atoms with Crippen molar-refractivity contribution in [1.29, 1.82) is 0 Å². The van der Waals surface area contributed by atoms with E-state index in [1.165, 1.54) is 0 Å². The van der Waals surface area contributed by atoms with Gasteiger partial charge in [0.25, 0.3) is 0 Å². The zero-order valence-corrected chi connectivity index (χ0v) is 12.4. The van der Waals surface area contributed by atoms with Crippen molar-refractivity contribution in [2.75, 3.05) is 25.0 Å². The third kappa shape index (κ3) is 5.46. The van der Waals surface area contributed by atoms with E-state index in [1.807, 2.05) is 11.4 Å². The number of halogens is 3. The summed E-state index contributed by atoms with van der Waals surface area (Å²) in [6, 6.07) is 8.68. The molecule has 0 aromatic heterocycles. The second-order valence-corrected chi connectivity index (χ2v) is 5.39. The average molecular weight is 329 g/mol. The Morgan fingerprint density at radius 1 is 1.13 bits per heavy atom. The predicted molar refractivity (Wildman–Crippen MR) is 78.8 cm³/mol. The van der Waals surface area contributed by atoms with Gasteiger partial charge in [0.1, 0.15) is 6.54 Å². The van der Waals surface area contributed by atoms with Crippen LogP contribution < -0.4 is 10.6 Å². The van der Waals surface area contributed by atoms with E-state index in [0.717, 1.165) is 0 Å². The maximum absolute atomic E-state index is 12.1. The molecule has 0 bridgehead atoms. The minimum Gasteiger partial charge on any atom is -0.347 e. The second-order valence-electron chi connectivity index (χ2n) is 5.39. The van der Waals surface area contributed by atoms with Gasteiger partial charge in [-0.05, 0) is 25.0 Å². The zero-order chi connectivity index (χ0) is 16.9. The van der Waals surface area contributed by atoms with Crippen LogP contribution in [0.4, 0.5) is 23.7 Å². The first kappa shape index (κ1) is 17.1.